The second-order valence-corrected chi connectivity index (χ2v) is 23.4. The number of carbonyl (C=O) groups is 3. The van der Waals surface area contributed by atoms with E-state index in [1.165, 1.54) is 205 Å². The third kappa shape index (κ3) is 67.1. The van der Waals surface area contributed by atoms with Gasteiger partial charge >= 0.3 is 17.9 Å². The van der Waals surface area contributed by atoms with Crippen LogP contribution >= 0.6 is 0 Å². The lowest BCUT2D eigenvalue weighted by molar-refractivity contribution is -0.167. The third-order valence-electron chi connectivity index (χ3n) is 15.3. The summed E-state index contributed by atoms with van der Waals surface area (Å²) in [5, 5.41) is 0. The summed E-state index contributed by atoms with van der Waals surface area (Å²) >= 11 is 0. The van der Waals surface area contributed by atoms with Crippen molar-refractivity contribution < 1.29 is 28.6 Å². The van der Waals surface area contributed by atoms with Crippen molar-refractivity contribution in [3.63, 3.8) is 0 Å². The SMILES string of the molecule is CC/C=C\C/C=C\C/C=C\C/C=C\C/C=C\C/C=C\CCCCC(=O)OC(COC(=O)CCCCCCCCCCCCCCCCCC)COC(=O)CCCCCCCCCCCCCCCCC/C=C\C/C=C\CCCCCCC. The van der Waals surface area contributed by atoms with Gasteiger partial charge in [-0.3, -0.25) is 14.4 Å². The molecule has 0 rings (SSSR count). The zero-order valence-electron chi connectivity index (χ0n) is 54.2. The predicted octanol–water partition coefficient (Wildman–Crippen LogP) is 24.4. The fourth-order valence-electron chi connectivity index (χ4n) is 10.1. The summed E-state index contributed by atoms with van der Waals surface area (Å²) in [4.78, 5) is 38.4. The van der Waals surface area contributed by atoms with Crippen LogP contribution in [0.25, 0.3) is 0 Å². The van der Waals surface area contributed by atoms with Gasteiger partial charge < -0.3 is 14.2 Å². The molecule has 0 aromatic heterocycles. The minimum Gasteiger partial charge on any atom is -0.462 e. The van der Waals surface area contributed by atoms with Gasteiger partial charge in [0.1, 0.15) is 13.2 Å². The highest BCUT2D eigenvalue weighted by Gasteiger charge is 2.19. The molecule has 0 aromatic carbocycles. The molecule has 0 heterocycles. The molecule has 0 saturated heterocycles. The molecule has 0 aliphatic carbocycles. The van der Waals surface area contributed by atoms with Crippen LogP contribution in [-0.2, 0) is 28.6 Å². The first-order valence-electron chi connectivity index (χ1n) is 35.2. The smallest absolute Gasteiger partial charge is 0.306 e. The van der Waals surface area contributed by atoms with Crippen LogP contribution in [0, 0.1) is 0 Å². The van der Waals surface area contributed by atoms with Crippen LogP contribution in [0.4, 0.5) is 0 Å². The molecule has 0 amide bonds. The van der Waals surface area contributed by atoms with Crippen molar-refractivity contribution in [3.05, 3.63) is 97.2 Å². The lowest BCUT2D eigenvalue weighted by atomic mass is 10.0. The third-order valence-corrected chi connectivity index (χ3v) is 15.3. The topological polar surface area (TPSA) is 78.9 Å². The highest BCUT2D eigenvalue weighted by atomic mass is 16.6. The molecule has 82 heavy (non-hydrogen) atoms. The van der Waals surface area contributed by atoms with Gasteiger partial charge in [0.05, 0.1) is 0 Å². The first-order valence-corrected chi connectivity index (χ1v) is 35.2. The molecule has 0 aliphatic rings. The molecule has 0 fully saturated rings. The predicted molar refractivity (Wildman–Crippen MR) is 357 cm³/mol. The summed E-state index contributed by atoms with van der Waals surface area (Å²) in [6.07, 6.45) is 94.3. The first kappa shape index (κ1) is 78.3. The maximum Gasteiger partial charge on any atom is 0.306 e. The summed E-state index contributed by atoms with van der Waals surface area (Å²) in [6, 6.07) is 0. The average molecular weight is 1140 g/mol. The van der Waals surface area contributed by atoms with Crippen molar-refractivity contribution in [2.24, 2.45) is 0 Å². The molecule has 0 radical (unpaired) electrons. The number of ether oxygens (including phenoxy) is 3. The number of carbonyl (C=O) groups excluding carboxylic acids is 3. The van der Waals surface area contributed by atoms with E-state index in [0.29, 0.717) is 19.3 Å². The van der Waals surface area contributed by atoms with E-state index in [4.69, 9.17) is 14.2 Å². The number of hydrogen-bond donors (Lipinski definition) is 0. The fraction of sp³-hybridized carbons (Fsp3) is 0.750. The average Bonchev–Trinajstić information content (AvgIpc) is 3.48. The molecule has 0 N–H and O–H groups in total. The van der Waals surface area contributed by atoms with E-state index in [1.807, 2.05) is 0 Å². The molecule has 0 aliphatic heterocycles. The Labute approximate surface area is 508 Å². The molecule has 0 bridgehead atoms. The number of unbranched alkanes of at least 4 members (excludes halogenated alkanes) is 37. The van der Waals surface area contributed by atoms with E-state index >= 15 is 0 Å². The Bertz CT molecular complexity index is 1590. The molecular weight excluding hydrogens is 1010 g/mol. The van der Waals surface area contributed by atoms with E-state index in [-0.39, 0.29) is 37.5 Å². The van der Waals surface area contributed by atoms with E-state index in [0.717, 1.165) is 96.3 Å². The lowest BCUT2D eigenvalue weighted by Crippen LogP contribution is -2.30. The zero-order chi connectivity index (χ0) is 59.2. The molecule has 1 atom stereocenters. The summed E-state index contributed by atoms with van der Waals surface area (Å²) in [5.74, 6) is -0.918. The Morgan fingerprint density at radius 2 is 0.476 bits per heavy atom. The highest BCUT2D eigenvalue weighted by molar-refractivity contribution is 5.71. The van der Waals surface area contributed by atoms with Crippen LogP contribution in [0.1, 0.15) is 348 Å². The maximum absolute atomic E-state index is 12.9. The quantitative estimate of drug-likeness (QED) is 0.0261. The fourth-order valence-corrected chi connectivity index (χ4v) is 10.1. The second kappa shape index (κ2) is 69.8. The van der Waals surface area contributed by atoms with Crippen molar-refractivity contribution in [3.8, 4) is 0 Å². The van der Waals surface area contributed by atoms with Crippen LogP contribution < -0.4 is 0 Å². The molecule has 0 aromatic rings. The van der Waals surface area contributed by atoms with E-state index in [1.54, 1.807) is 0 Å². The van der Waals surface area contributed by atoms with Gasteiger partial charge in [0.2, 0.25) is 0 Å². The molecule has 6 heteroatoms. The molecule has 472 valence electrons. The van der Waals surface area contributed by atoms with E-state index < -0.39 is 6.10 Å². The second-order valence-electron chi connectivity index (χ2n) is 23.4. The normalized spacial score (nSPS) is 12.7. The van der Waals surface area contributed by atoms with Gasteiger partial charge in [-0.25, -0.2) is 0 Å². The molecule has 1 unspecified atom stereocenters. The first-order chi connectivity index (χ1) is 40.5. The number of esters is 3. The minimum absolute atomic E-state index is 0.0917. The summed E-state index contributed by atoms with van der Waals surface area (Å²) in [5.41, 5.74) is 0. The Hall–Kier alpha value is -3.67. The van der Waals surface area contributed by atoms with E-state index in [2.05, 4.69) is 118 Å². The largest absolute Gasteiger partial charge is 0.462 e. The number of rotatable bonds is 64. The molecule has 0 spiro atoms. The van der Waals surface area contributed by atoms with Crippen molar-refractivity contribution in [2.75, 3.05) is 13.2 Å². The van der Waals surface area contributed by atoms with E-state index in [9.17, 15) is 14.4 Å². The van der Waals surface area contributed by atoms with Crippen molar-refractivity contribution >= 4 is 17.9 Å². The van der Waals surface area contributed by atoms with Crippen molar-refractivity contribution in [2.45, 2.75) is 354 Å². The standard InChI is InChI=1S/C76H132O6/c1-4-7-10-13-16-19-22-25-28-31-33-35-36-37-38-39-40-42-43-45-48-51-54-57-60-63-66-69-75(78)81-72-73(71-80-74(77)68-65-62-59-56-53-50-47-30-27-24-21-18-15-12-9-6-3)82-76(79)70-67-64-61-58-55-52-49-46-44-41-34-32-29-26-23-20-17-14-11-8-5-2/h8,11,17,20,22,25-26,29,31,33-34,41,46,49,55,58,73H,4-7,9-10,12-16,18-19,21,23-24,27-28,30,32,35-40,42-45,47-48,50-54,56-57,59-72H2,1-3H3/b11-8-,20-17-,25-22-,29-26-,33-31-,41-34-,49-46-,58-55-. The van der Waals surface area contributed by atoms with Gasteiger partial charge in [0.15, 0.2) is 6.10 Å². The summed E-state index contributed by atoms with van der Waals surface area (Å²) < 4.78 is 17.0. The molecular formula is C76H132O6. The van der Waals surface area contributed by atoms with Crippen LogP contribution in [0.15, 0.2) is 97.2 Å². The number of hydrogen-bond acceptors (Lipinski definition) is 6. The van der Waals surface area contributed by atoms with Gasteiger partial charge in [-0.1, -0.05) is 323 Å². The Morgan fingerprint density at radius 1 is 0.256 bits per heavy atom. The Morgan fingerprint density at radius 3 is 0.768 bits per heavy atom. The van der Waals surface area contributed by atoms with Gasteiger partial charge in [-0.2, -0.15) is 0 Å². The molecule has 6 nitrogen and oxygen atoms in total. The Balaban J connectivity index is 4.37. The van der Waals surface area contributed by atoms with Crippen LogP contribution in [0.2, 0.25) is 0 Å². The maximum atomic E-state index is 12.9. The van der Waals surface area contributed by atoms with Gasteiger partial charge in [0, 0.05) is 19.3 Å². The van der Waals surface area contributed by atoms with Gasteiger partial charge in [-0.05, 0) is 103 Å². The lowest BCUT2D eigenvalue weighted by Gasteiger charge is -2.18. The minimum atomic E-state index is -0.801. The van der Waals surface area contributed by atoms with Crippen molar-refractivity contribution in [1.82, 2.24) is 0 Å². The summed E-state index contributed by atoms with van der Waals surface area (Å²) in [7, 11) is 0. The van der Waals surface area contributed by atoms with Gasteiger partial charge in [0.25, 0.3) is 0 Å². The highest BCUT2D eigenvalue weighted by Crippen LogP contribution is 2.17. The zero-order valence-corrected chi connectivity index (χ0v) is 54.2. The Kier molecular flexibility index (Phi) is 66.7. The number of allylic oxidation sites excluding steroid dienone is 16. The van der Waals surface area contributed by atoms with Crippen LogP contribution in [0.5, 0.6) is 0 Å². The summed E-state index contributed by atoms with van der Waals surface area (Å²) in [6.45, 7) is 6.53. The monoisotopic (exact) mass is 1140 g/mol. The molecule has 0 saturated carbocycles. The van der Waals surface area contributed by atoms with Gasteiger partial charge in [-0.15, -0.1) is 0 Å². The van der Waals surface area contributed by atoms with Crippen molar-refractivity contribution in [1.29, 1.82) is 0 Å². The van der Waals surface area contributed by atoms with Crippen LogP contribution in [0.3, 0.4) is 0 Å². The van der Waals surface area contributed by atoms with Crippen LogP contribution in [-0.4, -0.2) is 37.2 Å².